The molecule has 1 heterocycles. The normalized spacial score (nSPS) is 10.8. The van der Waals surface area contributed by atoms with Crippen molar-refractivity contribution in [3.8, 4) is 11.3 Å². The molecule has 1 aromatic carbocycles. The first-order chi connectivity index (χ1) is 11.5. The summed E-state index contributed by atoms with van der Waals surface area (Å²) < 4.78 is 15.5. The third-order valence-electron chi connectivity index (χ3n) is 3.75. The lowest BCUT2D eigenvalue weighted by Gasteiger charge is -2.20. The minimum absolute atomic E-state index is 0.0332. The largest absolute Gasteiger partial charge is 0.383 e. The predicted molar refractivity (Wildman–Crippen MR) is 90.6 cm³/mol. The summed E-state index contributed by atoms with van der Waals surface area (Å²) in [6, 6.07) is 8.04. The second-order valence-electron chi connectivity index (χ2n) is 5.74. The van der Waals surface area contributed by atoms with Crippen molar-refractivity contribution < 1.29 is 18.8 Å². The standard InChI is InChI=1S/C18H24N2O4/c1-13-5-6-16(14(2)9-13)17-10-15(19-24-17)11-20(7-8-22-3)18(21)12-23-4/h5-6,9-10H,7-8,11-12H2,1-4H3. The van der Waals surface area contributed by atoms with E-state index < -0.39 is 0 Å². The van der Waals surface area contributed by atoms with Gasteiger partial charge in [0.15, 0.2) is 5.76 Å². The number of aryl methyl sites for hydroxylation is 2. The lowest BCUT2D eigenvalue weighted by atomic mass is 10.0. The van der Waals surface area contributed by atoms with Crippen molar-refractivity contribution in [1.82, 2.24) is 10.1 Å². The molecule has 0 aliphatic carbocycles. The highest BCUT2D eigenvalue weighted by molar-refractivity contribution is 5.77. The molecule has 6 heteroatoms. The Balaban J connectivity index is 2.14. The van der Waals surface area contributed by atoms with Crippen LogP contribution in [0.3, 0.4) is 0 Å². The molecular formula is C18H24N2O4. The van der Waals surface area contributed by atoms with E-state index in [4.69, 9.17) is 14.0 Å². The second-order valence-corrected chi connectivity index (χ2v) is 5.74. The Morgan fingerprint density at radius 3 is 2.67 bits per heavy atom. The number of benzene rings is 1. The minimum atomic E-state index is -0.106. The second kappa shape index (κ2) is 8.61. The third-order valence-corrected chi connectivity index (χ3v) is 3.75. The van der Waals surface area contributed by atoms with Crippen LogP contribution in [0, 0.1) is 13.8 Å². The molecule has 1 amide bonds. The molecule has 0 aliphatic rings. The number of aromatic nitrogens is 1. The molecule has 0 saturated heterocycles. The van der Waals surface area contributed by atoms with Gasteiger partial charge in [-0.25, -0.2) is 0 Å². The molecule has 0 unspecified atom stereocenters. The topological polar surface area (TPSA) is 64.8 Å². The Morgan fingerprint density at radius 2 is 2.00 bits per heavy atom. The Morgan fingerprint density at radius 1 is 1.21 bits per heavy atom. The molecule has 0 atom stereocenters. The van der Waals surface area contributed by atoms with Gasteiger partial charge in [0.05, 0.1) is 13.2 Å². The van der Waals surface area contributed by atoms with Gasteiger partial charge < -0.3 is 18.9 Å². The summed E-state index contributed by atoms with van der Waals surface area (Å²) in [5.41, 5.74) is 4.04. The van der Waals surface area contributed by atoms with Crippen LogP contribution in [-0.2, 0) is 20.8 Å². The van der Waals surface area contributed by atoms with Gasteiger partial charge in [-0.05, 0) is 19.4 Å². The van der Waals surface area contributed by atoms with E-state index in [2.05, 4.69) is 18.1 Å². The van der Waals surface area contributed by atoms with Crippen LogP contribution in [0.4, 0.5) is 0 Å². The van der Waals surface area contributed by atoms with Crippen LogP contribution < -0.4 is 0 Å². The Kier molecular flexibility index (Phi) is 6.52. The number of ether oxygens (including phenoxy) is 2. The van der Waals surface area contributed by atoms with Crippen molar-refractivity contribution in [2.75, 3.05) is 34.0 Å². The highest BCUT2D eigenvalue weighted by Crippen LogP contribution is 2.25. The van der Waals surface area contributed by atoms with E-state index in [0.29, 0.717) is 31.2 Å². The molecule has 0 spiro atoms. The lowest BCUT2D eigenvalue weighted by Crippen LogP contribution is -2.35. The van der Waals surface area contributed by atoms with Gasteiger partial charge in [0.2, 0.25) is 5.91 Å². The number of hydrogen-bond donors (Lipinski definition) is 0. The van der Waals surface area contributed by atoms with E-state index in [9.17, 15) is 4.79 Å². The number of hydrogen-bond acceptors (Lipinski definition) is 5. The zero-order valence-electron chi connectivity index (χ0n) is 14.7. The first-order valence-corrected chi connectivity index (χ1v) is 7.84. The Labute approximate surface area is 142 Å². The summed E-state index contributed by atoms with van der Waals surface area (Å²) in [6.07, 6.45) is 0. The highest BCUT2D eigenvalue weighted by atomic mass is 16.5. The average molecular weight is 332 g/mol. The van der Waals surface area contributed by atoms with Crippen molar-refractivity contribution in [1.29, 1.82) is 0 Å². The van der Waals surface area contributed by atoms with E-state index in [1.165, 1.54) is 12.7 Å². The van der Waals surface area contributed by atoms with E-state index in [1.807, 2.05) is 25.1 Å². The summed E-state index contributed by atoms with van der Waals surface area (Å²) in [5.74, 6) is 0.596. The molecule has 0 fully saturated rings. The molecule has 24 heavy (non-hydrogen) atoms. The Hall–Kier alpha value is -2.18. The molecular weight excluding hydrogens is 308 g/mol. The number of carbonyl (C=O) groups excluding carboxylic acids is 1. The summed E-state index contributed by atoms with van der Waals surface area (Å²) in [6.45, 7) is 5.42. The summed E-state index contributed by atoms with van der Waals surface area (Å²) in [4.78, 5) is 13.8. The monoisotopic (exact) mass is 332 g/mol. The van der Waals surface area contributed by atoms with E-state index in [1.54, 1.807) is 12.0 Å². The van der Waals surface area contributed by atoms with Crippen LogP contribution in [0.1, 0.15) is 16.8 Å². The van der Waals surface area contributed by atoms with Gasteiger partial charge >= 0.3 is 0 Å². The highest BCUT2D eigenvalue weighted by Gasteiger charge is 2.17. The molecule has 6 nitrogen and oxygen atoms in total. The fourth-order valence-corrected chi connectivity index (χ4v) is 2.51. The fourth-order valence-electron chi connectivity index (χ4n) is 2.51. The quantitative estimate of drug-likeness (QED) is 0.743. The summed E-state index contributed by atoms with van der Waals surface area (Å²) in [7, 11) is 3.11. The van der Waals surface area contributed by atoms with Gasteiger partial charge in [-0.2, -0.15) is 0 Å². The Bertz CT molecular complexity index is 681. The molecule has 0 N–H and O–H groups in total. The van der Waals surface area contributed by atoms with E-state index in [-0.39, 0.29) is 12.5 Å². The van der Waals surface area contributed by atoms with Crippen LogP contribution >= 0.6 is 0 Å². The van der Waals surface area contributed by atoms with E-state index >= 15 is 0 Å². The molecule has 0 radical (unpaired) electrons. The molecule has 130 valence electrons. The summed E-state index contributed by atoms with van der Waals surface area (Å²) >= 11 is 0. The molecule has 1 aromatic heterocycles. The molecule has 0 aliphatic heterocycles. The van der Waals surface area contributed by atoms with Gasteiger partial charge in [0.1, 0.15) is 12.3 Å². The van der Waals surface area contributed by atoms with E-state index in [0.717, 1.165) is 11.1 Å². The zero-order valence-corrected chi connectivity index (χ0v) is 14.7. The maximum Gasteiger partial charge on any atom is 0.248 e. The van der Waals surface area contributed by atoms with Crippen LogP contribution in [0.15, 0.2) is 28.8 Å². The van der Waals surface area contributed by atoms with Crippen molar-refractivity contribution >= 4 is 5.91 Å². The van der Waals surface area contributed by atoms with Gasteiger partial charge in [0.25, 0.3) is 0 Å². The van der Waals surface area contributed by atoms with Gasteiger partial charge in [-0.1, -0.05) is 28.9 Å². The maximum absolute atomic E-state index is 12.1. The number of nitrogens with zero attached hydrogens (tertiary/aromatic N) is 2. The van der Waals surface area contributed by atoms with Crippen LogP contribution in [0.2, 0.25) is 0 Å². The van der Waals surface area contributed by atoms with Crippen molar-refractivity contribution in [3.05, 3.63) is 41.1 Å². The number of rotatable bonds is 8. The number of carbonyl (C=O) groups is 1. The molecule has 0 saturated carbocycles. The predicted octanol–water partition coefficient (Wildman–Crippen LogP) is 2.58. The van der Waals surface area contributed by atoms with Crippen LogP contribution in [-0.4, -0.2) is 49.9 Å². The smallest absolute Gasteiger partial charge is 0.248 e. The number of methoxy groups -OCH3 is 2. The maximum atomic E-state index is 12.1. The average Bonchev–Trinajstić information content (AvgIpc) is 2.99. The van der Waals surface area contributed by atoms with Crippen LogP contribution in [0.25, 0.3) is 11.3 Å². The van der Waals surface area contributed by atoms with Gasteiger partial charge in [-0.3, -0.25) is 4.79 Å². The van der Waals surface area contributed by atoms with Crippen LogP contribution in [0.5, 0.6) is 0 Å². The van der Waals surface area contributed by atoms with Gasteiger partial charge in [-0.15, -0.1) is 0 Å². The molecule has 2 aromatic rings. The fraction of sp³-hybridized carbons (Fsp3) is 0.444. The first-order valence-electron chi connectivity index (χ1n) is 7.84. The first kappa shape index (κ1) is 18.2. The molecule has 2 rings (SSSR count). The van der Waals surface area contributed by atoms with Crippen molar-refractivity contribution in [2.24, 2.45) is 0 Å². The van der Waals surface area contributed by atoms with Gasteiger partial charge in [0, 0.05) is 32.4 Å². The van der Waals surface area contributed by atoms with Crippen molar-refractivity contribution in [2.45, 2.75) is 20.4 Å². The molecule has 0 bridgehead atoms. The SMILES string of the molecule is COCCN(Cc1cc(-c2ccc(C)cc2C)on1)C(=O)COC. The van der Waals surface area contributed by atoms with Crippen molar-refractivity contribution in [3.63, 3.8) is 0 Å². The summed E-state index contributed by atoms with van der Waals surface area (Å²) in [5, 5.41) is 4.10. The number of amides is 1. The zero-order chi connectivity index (χ0) is 17.5. The third kappa shape index (κ3) is 4.66. The lowest BCUT2D eigenvalue weighted by molar-refractivity contribution is -0.136. The minimum Gasteiger partial charge on any atom is -0.383 e.